The summed E-state index contributed by atoms with van der Waals surface area (Å²) in [5.74, 6) is -0.0693. The Labute approximate surface area is 97.5 Å². The molecule has 0 aromatic heterocycles. The van der Waals surface area contributed by atoms with E-state index in [1.165, 1.54) is 0 Å². The van der Waals surface area contributed by atoms with E-state index in [0.29, 0.717) is 0 Å². The van der Waals surface area contributed by atoms with Crippen LogP contribution < -0.4 is 0 Å². The molecule has 0 rings (SSSR count). The predicted octanol–water partition coefficient (Wildman–Crippen LogP) is 1.62. The zero-order valence-corrected chi connectivity index (χ0v) is 9.98. The quantitative estimate of drug-likeness (QED) is 0.340. The lowest BCUT2D eigenvalue weighted by Gasteiger charge is -2.22. The SMILES string of the molecule is N#CCN(CSC(Cl)(Cl)Cl)S(=O)[O-]. The number of rotatable bonds is 4. The van der Waals surface area contributed by atoms with Crippen LogP contribution in [0.5, 0.6) is 0 Å². The van der Waals surface area contributed by atoms with Crippen molar-refractivity contribution in [1.82, 2.24) is 4.31 Å². The van der Waals surface area contributed by atoms with Gasteiger partial charge in [0.15, 0.2) is 0 Å². The molecule has 0 aromatic rings. The second-order valence-electron chi connectivity index (χ2n) is 1.73. The highest BCUT2D eigenvalue weighted by molar-refractivity contribution is 8.04. The summed E-state index contributed by atoms with van der Waals surface area (Å²) in [4.78, 5) is 0. The fraction of sp³-hybridized carbons (Fsp3) is 0.750. The van der Waals surface area contributed by atoms with Crippen LogP contribution in [0.15, 0.2) is 0 Å². The largest absolute Gasteiger partial charge is 0.760 e. The molecule has 1 atom stereocenters. The molecule has 76 valence electrons. The van der Waals surface area contributed by atoms with Gasteiger partial charge in [0, 0.05) is 11.3 Å². The molecule has 0 bridgehead atoms. The second-order valence-corrected chi connectivity index (χ2v) is 6.80. The number of alkyl halides is 3. The summed E-state index contributed by atoms with van der Waals surface area (Å²) in [5, 5.41) is 8.24. The van der Waals surface area contributed by atoms with Gasteiger partial charge in [-0.2, -0.15) is 5.26 Å². The van der Waals surface area contributed by atoms with Gasteiger partial charge in [-0.3, -0.25) is 4.21 Å². The molecule has 0 spiro atoms. The Bertz CT molecular complexity index is 226. The fourth-order valence-electron chi connectivity index (χ4n) is 0.365. The zero-order valence-electron chi connectivity index (χ0n) is 6.08. The van der Waals surface area contributed by atoms with Gasteiger partial charge in [-0.25, -0.2) is 4.31 Å². The first-order valence-corrected chi connectivity index (χ1v) is 5.94. The van der Waals surface area contributed by atoms with Gasteiger partial charge in [0.2, 0.25) is 3.12 Å². The van der Waals surface area contributed by atoms with Crippen molar-refractivity contribution in [2.45, 2.75) is 3.12 Å². The van der Waals surface area contributed by atoms with Gasteiger partial charge in [0.05, 0.1) is 18.5 Å². The smallest absolute Gasteiger partial charge is 0.238 e. The summed E-state index contributed by atoms with van der Waals surface area (Å²) in [5.41, 5.74) is 0. The first-order chi connectivity index (χ1) is 5.87. The van der Waals surface area contributed by atoms with E-state index >= 15 is 0 Å². The van der Waals surface area contributed by atoms with Gasteiger partial charge in [0.1, 0.15) is 0 Å². The molecule has 0 heterocycles. The van der Waals surface area contributed by atoms with Crippen molar-refractivity contribution >= 4 is 57.8 Å². The lowest BCUT2D eigenvalue weighted by atomic mass is 10.7. The molecule has 0 radical (unpaired) electrons. The number of nitrogens with zero attached hydrogens (tertiary/aromatic N) is 2. The lowest BCUT2D eigenvalue weighted by Crippen LogP contribution is -2.26. The summed E-state index contributed by atoms with van der Waals surface area (Å²) < 4.78 is 20.1. The van der Waals surface area contributed by atoms with Gasteiger partial charge in [0.25, 0.3) is 0 Å². The highest BCUT2D eigenvalue weighted by atomic mass is 35.6. The van der Waals surface area contributed by atoms with Gasteiger partial charge in [-0.05, 0) is 0 Å². The molecule has 1 unspecified atom stereocenters. The Hall–Kier alpha value is 0.780. The topological polar surface area (TPSA) is 67.2 Å². The van der Waals surface area contributed by atoms with E-state index in [-0.39, 0.29) is 12.4 Å². The van der Waals surface area contributed by atoms with Crippen LogP contribution in [-0.4, -0.2) is 28.6 Å². The molecule has 0 N–H and O–H groups in total. The third-order valence-electron chi connectivity index (χ3n) is 0.830. The van der Waals surface area contributed by atoms with Crippen molar-refractivity contribution < 1.29 is 8.76 Å². The number of thioether (sulfide) groups is 1. The van der Waals surface area contributed by atoms with Crippen LogP contribution in [-0.2, 0) is 11.3 Å². The Morgan fingerprint density at radius 3 is 2.46 bits per heavy atom. The standard InChI is InChI=1S/C4H5Cl3N2O2S2/c5-4(6,7)12-3-9(2-1-8)13(10)11/h2-3H2,(H,10,11)/p-1. The van der Waals surface area contributed by atoms with Crippen LogP contribution in [0, 0.1) is 11.3 Å². The normalized spacial score (nSPS) is 14.2. The predicted molar refractivity (Wildman–Crippen MR) is 54.0 cm³/mol. The number of nitriles is 1. The molecule has 0 saturated heterocycles. The van der Waals surface area contributed by atoms with Gasteiger partial charge in [-0.1, -0.05) is 46.6 Å². The minimum Gasteiger partial charge on any atom is -0.760 e. The maximum absolute atomic E-state index is 10.4. The molecule has 0 saturated carbocycles. The maximum Gasteiger partial charge on any atom is 0.238 e. The van der Waals surface area contributed by atoms with E-state index in [2.05, 4.69) is 0 Å². The molecule has 9 heteroatoms. The Morgan fingerprint density at radius 1 is 1.62 bits per heavy atom. The molecule has 0 fully saturated rings. The molecular formula is C4H4Cl3N2O2S2-. The van der Waals surface area contributed by atoms with Crippen molar-refractivity contribution in [2.24, 2.45) is 0 Å². The van der Waals surface area contributed by atoms with Gasteiger partial charge in [-0.15, -0.1) is 0 Å². The van der Waals surface area contributed by atoms with E-state index in [9.17, 15) is 8.76 Å². The first kappa shape index (κ1) is 13.8. The molecule has 0 aliphatic carbocycles. The number of hydrogen-bond acceptors (Lipinski definition) is 4. The molecule has 0 aliphatic heterocycles. The van der Waals surface area contributed by atoms with Crippen LogP contribution in [0.1, 0.15) is 0 Å². The van der Waals surface area contributed by atoms with Crippen LogP contribution in [0.4, 0.5) is 0 Å². The highest BCUT2D eigenvalue weighted by Crippen LogP contribution is 2.39. The van der Waals surface area contributed by atoms with Crippen LogP contribution >= 0.6 is 46.6 Å². The molecule has 4 nitrogen and oxygen atoms in total. The van der Waals surface area contributed by atoms with Crippen LogP contribution in [0.3, 0.4) is 0 Å². The minimum atomic E-state index is -2.47. The van der Waals surface area contributed by atoms with Crippen molar-refractivity contribution in [2.75, 3.05) is 12.4 Å². The average molecular weight is 283 g/mol. The third kappa shape index (κ3) is 7.82. The Balaban J connectivity index is 3.99. The second kappa shape index (κ2) is 6.30. The van der Waals surface area contributed by atoms with Crippen molar-refractivity contribution in [3.05, 3.63) is 0 Å². The third-order valence-corrected chi connectivity index (χ3v) is 3.42. The molecule has 0 amide bonds. The summed E-state index contributed by atoms with van der Waals surface area (Å²) in [6.07, 6.45) is 0. The van der Waals surface area contributed by atoms with Gasteiger partial charge >= 0.3 is 0 Å². The van der Waals surface area contributed by atoms with Crippen molar-refractivity contribution in [3.8, 4) is 6.07 Å². The summed E-state index contributed by atoms with van der Waals surface area (Å²) >= 11 is 14.4. The summed E-state index contributed by atoms with van der Waals surface area (Å²) in [7, 11) is 0. The van der Waals surface area contributed by atoms with Gasteiger partial charge < -0.3 is 4.55 Å². The summed E-state index contributed by atoms with van der Waals surface area (Å²) in [6, 6.07) is 1.68. The summed E-state index contributed by atoms with van der Waals surface area (Å²) in [6.45, 7) is -0.260. The van der Waals surface area contributed by atoms with E-state index in [1.54, 1.807) is 6.07 Å². The van der Waals surface area contributed by atoms with E-state index in [1.807, 2.05) is 0 Å². The molecule has 0 aliphatic rings. The van der Waals surface area contributed by atoms with E-state index < -0.39 is 14.4 Å². The first-order valence-electron chi connectivity index (χ1n) is 2.79. The highest BCUT2D eigenvalue weighted by Gasteiger charge is 2.21. The molecular weight excluding hydrogens is 279 g/mol. The molecule has 0 aromatic carbocycles. The zero-order chi connectivity index (χ0) is 10.5. The minimum absolute atomic E-state index is 0.0693. The van der Waals surface area contributed by atoms with Crippen LogP contribution in [0.25, 0.3) is 0 Å². The fourth-order valence-corrected chi connectivity index (χ4v) is 1.85. The van der Waals surface area contributed by atoms with E-state index in [0.717, 1.165) is 16.1 Å². The monoisotopic (exact) mass is 281 g/mol. The maximum atomic E-state index is 10.4. The van der Waals surface area contributed by atoms with Crippen molar-refractivity contribution in [3.63, 3.8) is 0 Å². The number of halogens is 3. The molecule has 13 heavy (non-hydrogen) atoms. The number of hydrogen-bond donors (Lipinski definition) is 0. The Kier molecular flexibility index (Phi) is 6.68. The lowest BCUT2D eigenvalue weighted by molar-refractivity contribution is 0.449. The Morgan fingerprint density at radius 2 is 2.15 bits per heavy atom. The average Bonchev–Trinajstić information content (AvgIpc) is 1.95. The van der Waals surface area contributed by atoms with E-state index in [4.69, 9.17) is 40.1 Å². The van der Waals surface area contributed by atoms with Crippen LogP contribution in [0.2, 0.25) is 0 Å². The van der Waals surface area contributed by atoms with Crippen molar-refractivity contribution in [1.29, 1.82) is 5.26 Å².